The SMILES string of the molecule is CC(C(=O)N(C)C=O)N(C)C. The minimum absolute atomic E-state index is 0.190. The van der Waals surface area contributed by atoms with Crippen molar-refractivity contribution < 1.29 is 9.59 Å². The van der Waals surface area contributed by atoms with Crippen molar-refractivity contribution in [3.63, 3.8) is 0 Å². The lowest BCUT2D eigenvalue weighted by Gasteiger charge is -2.21. The van der Waals surface area contributed by atoms with Gasteiger partial charge in [0.2, 0.25) is 12.3 Å². The fraction of sp³-hybridized carbons (Fsp3) is 0.714. The van der Waals surface area contributed by atoms with Crippen LogP contribution in [0.25, 0.3) is 0 Å². The van der Waals surface area contributed by atoms with Crippen molar-refractivity contribution in [2.24, 2.45) is 0 Å². The van der Waals surface area contributed by atoms with Gasteiger partial charge in [-0.1, -0.05) is 0 Å². The van der Waals surface area contributed by atoms with Gasteiger partial charge in [0.05, 0.1) is 6.04 Å². The van der Waals surface area contributed by atoms with Gasteiger partial charge in [0.25, 0.3) is 0 Å². The van der Waals surface area contributed by atoms with Gasteiger partial charge in [-0.15, -0.1) is 0 Å². The van der Waals surface area contributed by atoms with Gasteiger partial charge in [0, 0.05) is 7.05 Å². The minimum Gasteiger partial charge on any atom is -0.298 e. The molecule has 0 heterocycles. The second-order valence-corrected chi connectivity index (χ2v) is 2.69. The number of rotatable bonds is 3. The highest BCUT2D eigenvalue weighted by Gasteiger charge is 2.17. The summed E-state index contributed by atoms with van der Waals surface area (Å²) in [6, 6.07) is -0.245. The van der Waals surface area contributed by atoms with Crippen LogP contribution >= 0.6 is 0 Å². The lowest BCUT2D eigenvalue weighted by atomic mass is 10.3. The molecule has 64 valence electrons. The average Bonchev–Trinajstić information content (AvgIpc) is 2.00. The molecule has 0 fully saturated rings. The first-order valence-corrected chi connectivity index (χ1v) is 3.39. The van der Waals surface area contributed by atoms with Gasteiger partial charge in [-0.05, 0) is 21.0 Å². The number of likely N-dealkylation sites (N-methyl/N-ethyl adjacent to an activating group) is 2. The van der Waals surface area contributed by atoms with Crippen LogP contribution in [0.15, 0.2) is 0 Å². The summed E-state index contributed by atoms with van der Waals surface area (Å²) in [7, 11) is 5.04. The van der Waals surface area contributed by atoms with Crippen LogP contribution in [0.2, 0.25) is 0 Å². The monoisotopic (exact) mass is 158 g/mol. The summed E-state index contributed by atoms with van der Waals surface area (Å²) in [6.45, 7) is 1.75. The van der Waals surface area contributed by atoms with E-state index in [1.807, 2.05) is 0 Å². The molecule has 0 spiro atoms. The standard InChI is InChI=1S/C7H14N2O2/c1-6(8(2)3)7(11)9(4)5-10/h5-6H,1-4H3. The van der Waals surface area contributed by atoms with E-state index in [1.165, 1.54) is 7.05 Å². The quantitative estimate of drug-likeness (QED) is 0.522. The largest absolute Gasteiger partial charge is 0.298 e. The summed E-state index contributed by atoms with van der Waals surface area (Å²) in [5.41, 5.74) is 0. The predicted octanol–water partition coefficient (Wildman–Crippen LogP) is -0.449. The van der Waals surface area contributed by atoms with E-state index >= 15 is 0 Å². The molecule has 4 nitrogen and oxygen atoms in total. The maximum Gasteiger partial charge on any atom is 0.245 e. The Morgan fingerprint density at radius 2 is 1.82 bits per heavy atom. The van der Waals surface area contributed by atoms with E-state index in [0.29, 0.717) is 6.41 Å². The van der Waals surface area contributed by atoms with Crippen molar-refractivity contribution in [2.75, 3.05) is 21.1 Å². The van der Waals surface area contributed by atoms with Crippen molar-refractivity contribution in [1.82, 2.24) is 9.80 Å². The molecule has 0 aliphatic rings. The Labute approximate surface area is 66.8 Å². The smallest absolute Gasteiger partial charge is 0.245 e. The maximum absolute atomic E-state index is 11.2. The highest BCUT2D eigenvalue weighted by atomic mass is 16.2. The zero-order chi connectivity index (χ0) is 9.02. The van der Waals surface area contributed by atoms with Gasteiger partial charge >= 0.3 is 0 Å². The average molecular weight is 158 g/mol. The Hall–Kier alpha value is -0.900. The molecule has 0 aliphatic heterocycles. The predicted molar refractivity (Wildman–Crippen MR) is 42.0 cm³/mol. The number of imide groups is 1. The third-order valence-corrected chi connectivity index (χ3v) is 1.64. The summed E-state index contributed by atoms with van der Waals surface area (Å²) >= 11 is 0. The van der Waals surface area contributed by atoms with Crippen molar-refractivity contribution in [1.29, 1.82) is 0 Å². The van der Waals surface area contributed by atoms with E-state index < -0.39 is 0 Å². The van der Waals surface area contributed by atoms with Crippen LogP contribution in [0.5, 0.6) is 0 Å². The molecule has 0 aromatic rings. The highest BCUT2D eigenvalue weighted by molar-refractivity contribution is 5.89. The lowest BCUT2D eigenvalue weighted by molar-refractivity contribution is -0.139. The summed E-state index contributed by atoms with van der Waals surface area (Å²) in [5.74, 6) is -0.190. The van der Waals surface area contributed by atoms with Crippen LogP contribution in [-0.4, -0.2) is 49.3 Å². The van der Waals surface area contributed by atoms with E-state index in [-0.39, 0.29) is 11.9 Å². The summed E-state index contributed by atoms with van der Waals surface area (Å²) in [4.78, 5) is 24.1. The molecule has 2 amide bonds. The molecule has 0 aromatic heterocycles. The van der Waals surface area contributed by atoms with Crippen LogP contribution in [0.4, 0.5) is 0 Å². The molecule has 4 heteroatoms. The van der Waals surface area contributed by atoms with Gasteiger partial charge in [-0.3, -0.25) is 19.4 Å². The first kappa shape index (κ1) is 10.1. The zero-order valence-electron chi connectivity index (χ0n) is 7.37. The van der Waals surface area contributed by atoms with E-state index in [0.717, 1.165) is 4.90 Å². The molecule has 1 atom stereocenters. The third-order valence-electron chi connectivity index (χ3n) is 1.64. The summed E-state index contributed by atoms with van der Waals surface area (Å²) in [5, 5.41) is 0. The topological polar surface area (TPSA) is 40.6 Å². The molecule has 0 aromatic carbocycles. The molecule has 0 radical (unpaired) electrons. The molecule has 0 bridgehead atoms. The fourth-order valence-corrected chi connectivity index (χ4v) is 0.568. The molecule has 0 saturated heterocycles. The van der Waals surface area contributed by atoms with Crippen LogP contribution < -0.4 is 0 Å². The molecule has 11 heavy (non-hydrogen) atoms. The van der Waals surface area contributed by atoms with Crippen LogP contribution in [0, 0.1) is 0 Å². The van der Waals surface area contributed by atoms with Gasteiger partial charge in [0.1, 0.15) is 0 Å². The Balaban J connectivity index is 4.12. The van der Waals surface area contributed by atoms with Crippen molar-refractivity contribution in [3.05, 3.63) is 0 Å². The number of nitrogens with zero attached hydrogens (tertiary/aromatic N) is 2. The van der Waals surface area contributed by atoms with E-state index in [9.17, 15) is 9.59 Å². The van der Waals surface area contributed by atoms with Crippen LogP contribution in [0.3, 0.4) is 0 Å². The molecule has 0 N–H and O–H groups in total. The van der Waals surface area contributed by atoms with Gasteiger partial charge in [0.15, 0.2) is 0 Å². The molecule has 0 rings (SSSR count). The van der Waals surface area contributed by atoms with Crippen molar-refractivity contribution in [2.45, 2.75) is 13.0 Å². The van der Waals surface area contributed by atoms with Crippen molar-refractivity contribution in [3.8, 4) is 0 Å². The second kappa shape index (κ2) is 4.08. The van der Waals surface area contributed by atoms with Gasteiger partial charge in [-0.2, -0.15) is 0 Å². The number of hydrogen-bond donors (Lipinski definition) is 0. The van der Waals surface area contributed by atoms with Crippen LogP contribution in [-0.2, 0) is 9.59 Å². The second-order valence-electron chi connectivity index (χ2n) is 2.69. The molecule has 1 unspecified atom stereocenters. The number of carbonyl (C=O) groups excluding carboxylic acids is 2. The third kappa shape index (κ3) is 2.67. The number of amides is 2. The lowest BCUT2D eigenvalue weighted by Crippen LogP contribution is -2.41. The molecular formula is C7H14N2O2. The normalized spacial score (nSPS) is 12.8. The number of carbonyl (C=O) groups is 2. The summed E-state index contributed by atoms with van der Waals surface area (Å²) in [6.07, 6.45) is 0.516. The molecule has 0 saturated carbocycles. The first-order chi connectivity index (χ1) is 5.00. The highest BCUT2D eigenvalue weighted by Crippen LogP contribution is 1.94. The van der Waals surface area contributed by atoms with E-state index in [1.54, 1.807) is 25.9 Å². The summed E-state index contributed by atoms with van der Waals surface area (Å²) < 4.78 is 0. The minimum atomic E-state index is -0.245. The van der Waals surface area contributed by atoms with E-state index in [2.05, 4.69) is 0 Å². The Morgan fingerprint density at radius 1 is 1.36 bits per heavy atom. The Morgan fingerprint density at radius 3 is 2.09 bits per heavy atom. The molecule has 0 aliphatic carbocycles. The van der Waals surface area contributed by atoms with Crippen molar-refractivity contribution >= 4 is 12.3 Å². The van der Waals surface area contributed by atoms with E-state index in [4.69, 9.17) is 0 Å². The van der Waals surface area contributed by atoms with Crippen LogP contribution in [0.1, 0.15) is 6.92 Å². The Bertz CT molecular complexity index is 157. The first-order valence-electron chi connectivity index (χ1n) is 3.39. The van der Waals surface area contributed by atoms with Gasteiger partial charge in [-0.25, -0.2) is 0 Å². The Kier molecular flexibility index (Phi) is 3.74. The fourth-order valence-electron chi connectivity index (χ4n) is 0.568. The maximum atomic E-state index is 11.2. The molecular weight excluding hydrogens is 144 g/mol. The number of hydrogen-bond acceptors (Lipinski definition) is 3. The van der Waals surface area contributed by atoms with Gasteiger partial charge < -0.3 is 0 Å². The zero-order valence-corrected chi connectivity index (χ0v) is 7.37.